The molecule has 14 heteroatoms. The number of thioether (sulfide) groups is 1. The van der Waals surface area contributed by atoms with Gasteiger partial charge in [0.25, 0.3) is 5.91 Å². The normalized spacial score (nSPS) is 17.9. The summed E-state index contributed by atoms with van der Waals surface area (Å²) in [5.74, 6) is -1.18. The van der Waals surface area contributed by atoms with Crippen LogP contribution in [-0.2, 0) is 14.3 Å². The van der Waals surface area contributed by atoms with Crippen molar-refractivity contribution in [1.29, 1.82) is 0 Å². The number of nitrogens with one attached hydrogen (secondary N) is 4. The molecule has 2 fully saturated rings. The van der Waals surface area contributed by atoms with Crippen LogP contribution in [0.2, 0.25) is 0 Å². The van der Waals surface area contributed by atoms with E-state index in [1.165, 1.54) is 6.08 Å². The quantitative estimate of drug-likeness (QED) is 0.0394. The van der Waals surface area contributed by atoms with Crippen molar-refractivity contribution in [2.24, 2.45) is 0 Å². The van der Waals surface area contributed by atoms with Crippen LogP contribution < -0.4 is 21.3 Å². The van der Waals surface area contributed by atoms with E-state index in [0.29, 0.717) is 53.6 Å². The summed E-state index contributed by atoms with van der Waals surface area (Å²) in [6.45, 7) is 4.12. The Bertz CT molecular complexity index is 2000. The van der Waals surface area contributed by atoms with Gasteiger partial charge in [0, 0.05) is 40.5 Å². The van der Waals surface area contributed by atoms with E-state index in [-0.39, 0.29) is 37.0 Å². The number of aliphatic carboxylic acids is 1. The lowest BCUT2D eigenvalue weighted by atomic mass is 10.0. The van der Waals surface area contributed by atoms with Gasteiger partial charge in [-0.05, 0) is 74.6 Å². The van der Waals surface area contributed by atoms with Gasteiger partial charge < -0.3 is 31.1 Å². The van der Waals surface area contributed by atoms with E-state index in [1.54, 1.807) is 41.1 Å². The van der Waals surface area contributed by atoms with Gasteiger partial charge in [-0.1, -0.05) is 49.4 Å². The van der Waals surface area contributed by atoms with Gasteiger partial charge in [-0.25, -0.2) is 19.1 Å². The highest BCUT2D eigenvalue weighted by molar-refractivity contribution is 8.00. The number of fused-ring (bicyclic) bond motifs is 2. The van der Waals surface area contributed by atoms with Crippen LogP contribution in [0.3, 0.4) is 0 Å². The summed E-state index contributed by atoms with van der Waals surface area (Å²) in [6, 6.07) is 20.7. The maximum Gasteiger partial charge on any atom is 0.338 e. The minimum Gasteiger partial charge on any atom is -0.480 e. The van der Waals surface area contributed by atoms with E-state index in [9.17, 15) is 29.1 Å². The number of ether oxygens (including phenoxy) is 1. The van der Waals surface area contributed by atoms with Crippen LogP contribution in [0.1, 0.15) is 65.7 Å². The maximum absolute atomic E-state index is 13.1. The lowest BCUT2D eigenvalue weighted by Gasteiger charge is -2.16. The van der Waals surface area contributed by atoms with Crippen LogP contribution in [0.5, 0.6) is 0 Å². The highest BCUT2D eigenvalue weighted by Gasteiger charge is 2.42. The van der Waals surface area contributed by atoms with Crippen LogP contribution in [0.4, 0.5) is 4.79 Å². The number of aromatic nitrogens is 2. The monoisotopic (exact) mass is 752 g/mol. The van der Waals surface area contributed by atoms with Gasteiger partial charge in [0.2, 0.25) is 5.91 Å². The fourth-order valence-corrected chi connectivity index (χ4v) is 8.32. The molecule has 2 aliphatic rings. The topological polar surface area (TPSA) is 181 Å². The Balaban J connectivity index is 0.961. The van der Waals surface area contributed by atoms with Gasteiger partial charge in [0.05, 0.1) is 28.9 Å². The number of carboxylic acid groups (broad SMARTS) is 1. The van der Waals surface area contributed by atoms with E-state index in [0.717, 1.165) is 41.5 Å². The van der Waals surface area contributed by atoms with Crippen LogP contribution in [0.25, 0.3) is 27.8 Å². The van der Waals surface area contributed by atoms with Crippen molar-refractivity contribution < 1.29 is 33.8 Å². The number of rotatable bonds is 18. The Hall–Kier alpha value is -5.63. The number of esters is 1. The molecule has 4 unspecified atom stereocenters. The Morgan fingerprint density at radius 2 is 1.74 bits per heavy atom. The molecule has 282 valence electrons. The Morgan fingerprint density at radius 3 is 2.50 bits per heavy atom. The molecule has 0 aliphatic carbocycles. The summed E-state index contributed by atoms with van der Waals surface area (Å²) in [7, 11) is 0. The smallest absolute Gasteiger partial charge is 0.338 e. The Morgan fingerprint density at radius 1 is 0.981 bits per heavy atom. The number of nitrogens with zero attached hydrogens (tertiary/aromatic N) is 2. The highest BCUT2D eigenvalue weighted by Crippen LogP contribution is 2.33. The second-order valence-electron chi connectivity index (χ2n) is 13.4. The van der Waals surface area contributed by atoms with Gasteiger partial charge in [0.1, 0.15) is 18.3 Å². The fraction of sp³-hybridized carbons (Fsp3) is 0.350. The summed E-state index contributed by atoms with van der Waals surface area (Å²) in [5, 5.41) is 27.4. The number of unbranched alkanes of at least 4 members (excludes halogenated alkanes) is 2. The molecule has 1 aromatic heterocycles. The molecule has 0 bridgehead atoms. The first-order valence-corrected chi connectivity index (χ1v) is 19.2. The second kappa shape index (κ2) is 17.9. The van der Waals surface area contributed by atoms with Crippen molar-refractivity contribution in [2.45, 2.75) is 68.3 Å². The third-order valence-corrected chi connectivity index (χ3v) is 11.1. The number of benzene rings is 3. The van der Waals surface area contributed by atoms with Crippen LogP contribution in [0.15, 0.2) is 85.5 Å². The van der Waals surface area contributed by atoms with E-state index in [2.05, 4.69) is 27.8 Å². The molecule has 54 heavy (non-hydrogen) atoms. The summed E-state index contributed by atoms with van der Waals surface area (Å²) in [5.41, 5.74) is 3.81. The molecule has 3 heterocycles. The standard InChI is InChI=1S/C40H44N6O7S/c1-2-23-53-39(51)27-16-14-25(15-17-27)35-29-9-3-4-11-32(29)46(45-35)28-20-18-26(19-21-28)37(48)42-30(38(49)50)10-7-8-22-41-34(47)13-6-5-12-33-36-31(24-54-33)43-40(52)44-36/h2-4,9,11,14-21,30-31,33,36H,1,5-8,10,12-13,22-24H2,(H,41,47)(H,42,48)(H,49,50)(H2,43,44,52). The molecule has 6 rings (SSSR count). The van der Waals surface area contributed by atoms with Gasteiger partial charge in [-0.15, -0.1) is 0 Å². The Kier molecular flexibility index (Phi) is 12.7. The Labute approximate surface area is 317 Å². The molecular formula is C40H44N6O7S. The molecule has 2 saturated heterocycles. The lowest BCUT2D eigenvalue weighted by molar-refractivity contribution is -0.139. The van der Waals surface area contributed by atoms with Crippen LogP contribution in [0, 0.1) is 0 Å². The van der Waals surface area contributed by atoms with Crippen molar-refractivity contribution in [1.82, 2.24) is 31.0 Å². The summed E-state index contributed by atoms with van der Waals surface area (Å²) in [4.78, 5) is 61.2. The molecular weight excluding hydrogens is 709 g/mol. The maximum atomic E-state index is 13.1. The summed E-state index contributed by atoms with van der Waals surface area (Å²) < 4.78 is 6.90. The van der Waals surface area contributed by atoms with E-state index >= 15 is 0 Å². The zero-order valence-electron chi connectivity index (χ0n) is 29.8. The number of para-hydroxylation sites is 1. The fourth-order valence-electron chi connectivity index (χ4n) is 6.78. The molecule has 0 radical (unpaired) electrons. The van der Waals surface area contributed by atoms with Gasteiger partial charge >= 0.3 is 18.0 Å². The second-order valence-corrected chi connectivity index (χ2v) is 14.6. The van der Waals surface area contributed by atoms with Crippen molar-refractivity contribution in [2.75, 3.05) is 18.9 Å². The predicted molar refractivity (Wildman–Crippen MR) is 207 cm³/mol. The average molecular weight is 753 g/mol. The van der Waals surface area contributed by atoms with Crippen molar-refractivity contribution in [3.05, 3.63) is 96.6 Å². The molecule has 13 nitrogen and oxygen atoms in total. The van der Waals surface area contributed by atoms with Crippen molar-refractivity contribution in [3.8, 4) is 16.9 Å². The molecule has 2 aliphatic heterocycles. The minimum absolute atomic E-state index is 0.0361. The number of hydrogen-bond donors (Lipinski definition) is 5. The average Bonchev–Trinajstić information content (AvgIpc) is 3.87. The number of urea groups is 1. The first-order valence-electron chi connectivity index (χ1n) is 18.2. The number of carboxylic acids is 1. The van der Waals surface area contributed by atoms with Crippen LogP contribution in [-0.4, -0.2) is 87.0 Å². The number of carbonyl (C=O) groups excluding carboxylic acids is 4. The van der Waals surface area contributed by atoms with Gasteiger partial charge in [-0.3, -0.25) is 9.59 Å². The predicted octanol–water partition coefficient (Wildman–Crippen LogP) is 5.23. The zero-order chi connectivity index (χ0) is 38.0. The van der Waals surface area contributed by atoms with E-state index < -0.39 is 23.9 Å². The molecule has 0 spiro atoms. The third kappa shape index (κ3) is 9.29. The highest BCUT2D eigenvalue weighted by atomic mass is 32.2. The molecule has 5 N–H and O–H groups in total. The van der Waals surface area contributed by atoms with Crippen LogP contribution >= 0.6 is 11.8 Å². The van der Waals surface area contributed by atoms with Crippen molar-refractivity contribution in [3.63, 3.8) is 0 Å². The summed E-state index contributed by atoms with van der Waals surface area (Å²) in [6.07, 6.45) is 5.87. The summed E-state index contributed by atoms with van der Waals surface area (Å²) >= 11 is 1.86. The number of carbonyl (C=O) groups is 5. The van der Waals surface area contributed by atoms with Gasteiger partial charge in [0.15, 0.2) is 0 Å². The third-order valence-electron chi connectivity index (χ3n) is 9.61. The van der Waals surface area contributed by atoms with E-state index in [1.807, 2.05) is 48.2 Å². The number of amides is 4. The molecule has 4 aromatic rings. The molecule has 4 atom stereocenters. The molecule has 0 saturated carbocycles. The minimum atomic E-state index is -1.12. The first-order chi connectivity index (χ1) is 26.2. The van der Waals surface area contributed by atoms with Gasteiger partial charge in [-0.2, -0.15) is 16.9 Å². The zero-order valence-corrected chi connectivity index (χ0v) is 30.6. The van der Waals surface area contributed by atoms with Crippen molar-refractivity contribution >= 4 is 52.4 Å². The SMILES string of the molecule is C=CCOC(=O)c1ccc(-c2nn(-c3ccc(C(=O)NC(CCCCNC(=O)CCCCC4SCC5NC(=O)NC54)C(=O)O)cc3)c3ccccc23)cc1. The molecule has 3 aromatic carbocycles. The van der Waals surface area contributed by atoms with E-state index in [4.69, 9.17) is 9.84 Å². The lowest BCUT2D eigenvalue weighted by Crippen LogP contribution is -2.40. The first kappa shape index (κ1) is 38.1. The number of hydrogen-bond acceptors (Lipinski definition) is 8. The molecule has 4 amide bonds. The largest absolute Gasteiger partial charge is 0.480 e.